The number of nitrogens with zero attached hydrogens (tertiary/aromatic N) is 2. The molecule has 2 unspecified atom stereocenters. The maximum Gasteiger partial charge on any atom is 0.222 e. The second kappa shape index (κ2) is 5.80. The van der Waals surface area contributed by atoms with E-state index in [1.54, 1.807) is 12.4 Å². The van der Waals surface area contributed by atoms with Crippen LogP contribution in [0.3, 0.4) is 0 Å². The fraction of sp³-hybridized carbons (Fsp3) is 0.667. The first-order valence-corrected chi connectivity index (χ1v) is 6.02. The van der Waals surface area contributed by atoms with Crippen LogP contribution in [0.15, 0.2) is 18.5 Å². The van der Waals surface area contributed by atoms with Crippen molar-refractivity contribution in [3.05, 3.63) is 18.5 Å². The van der Waals surface area contributed by atoms with Gasteiger partial charge in [-0.1, -0.05) is 12.8 Å². The van der Waals surface area contributed by atoms with Crippen LogP contribution in [0.5, 0.6) is 0 Å². The molecular formula is C12H19N3O. The topological polar surface area (TPSA) is 58.0 Å². The molecule has 0 saturated heterocycles. The van der Waals surface area contributed by atoms with E-state index in [0.717, 1.165) is 13.0 Å². The van der Waals surface area contributed by atoms with Gasteiger partial charge >= 0.3 is 0 Å². The first-order valence-electron chi connectivity index (χ1n) is 6.02. The quantitative estimate of drug-likeness (QED) is 0.812. The zero-order valence-corrected chi connectivity index (χ0v) is 9.47. The third-order valence-corrected chi connectivity index (χ3v) is 3.39. The SMILES string of the molecule is OCC1CCCCC1CNc1ncccn1. The van der Waals surface area contributed by atoms with Crippen LogP contribution in [0, 0.1) is 11.8 Å². The average Bonchev–Trinajstić information content (AvgIpc) is 2.38. The lowest BCUT2D eigenvalue weighted by atomic mass is 9.80. The zero-order valence-electron chi connectivity index (χ0n) is 9.47. The number of hydrogen-bond acceptors (Lipinski definition) is 4. The van der Waals surface area contributed by atoms with E-state index in [-0.39, 0.29) is 0 Å². The molecule has 4 heteroatoms. The minimum Gasteiger partial charge on any atom is -0.396 e. The van der Waals surface area contributed by atoms with Gasteiger partial charge in [-0.25, -0.2) is 9.97 Å². The monoisotopic (exact) mass is 221 g/mol. The van der Waals surface area contributed by atoms with Crippen LogP contribution < -0.4 is 5.32 Å². The lowest BCUT2D eigenvalue weighted by Crippen LogP contribution is -2.29. The standard InChI is InChI=1S/C12H19N3O/c16-9-11-5-2-1-4-10(11)8-15-12-13-6-3-7-14-12/h3,6-7,10-11,16H,1-2,4-5,8-9H2,(H,13,14,15). The minimum absolute atomic E-state index is 0.308. The molecule has 2 N–H and O–H groups in total. The van der Waals surface area contributed by atoms with Gasteiger partial charge in [-0.3, -0.25) is 0 Å². The maximum absolute atomic E-state index is 9.30. The van der Waals surface area contributed by atoms with Crippen molar-refractivity contribution >= 4 is 5.95 Å². The Morgan fingerprint density at radius 1 is 1.19 bits per heavy atom. The van der Waals surface area contributed by atoms with Gasteiger partial charge in [-0.05, 0) is 30.7 Å². The zero-order chi connectivity index (χ0) is 11.2. The van der Waals surface area contributed by atoms with Gasteiger partial charge in [0.2, 0.25) is 5.95 Å². The molecule has 16 heavy (non-hydrogen) atoms. The third kappa shape index (κ3) is 2.92. The lowest BCUT2D eigenvalue weighted by Gasteiger charge is -2.30. The van der Waals surface area contributed by atoms with Crippen molar-refractivity contribution in [1.29, 1.82) is 0 Å². The Kier molecular flexibility index (Phi) is 4.10. The van der Waals surface area contributed by atoms with Crippen molar-refractivity contribution in [3.63, 3.8) is 0 Å². The molecule has 1 aliphatic carbocycles. The first kappa shape index (κ1) is 11.3. The van der Waals surface area contributed by atoms with Crippen molar-refractivity contribution in [2.75, 3.05) is 18.5 Å². The van der Waals surface area contributed by atoms with Crippen molar-refractivity contribution in [1.82, 2.24) is 9.97 Å². The Morgan fingerprint density at radius 3 is 2.56 bits per heavy atom. The molecule has 2 rings (SSSR count). The van der Waals surface area contributed by atoms with E-state index in [1.807, 2.05) is 6.07 Å². The van der Waals surface area contributed by atoms with E-state index < -0.39 is 0 Å². The van der Waals surface area contributed by atoms with Crippen molar-refractivity contribution in [2.45, 2.75) is 25.7 Å². The van der Waals surface area contributed by atoms with Gasteiger partial charge in [-0.2, -0.15) is 0 Å². The Bertz CT molecular complexity index is 304. The van der Waals surface area contributed by atoms with E-state index in [2.05, 4.69) is 15.3 Å². The second-order valence-corrected chi connectivity index (χ2v) is 4.44. The predicted molar refractivity (Wildman–Crippen MR) is 63.1 cm³/mol. The summed E-state index contributed by atoms with van der Waals surface area (Å²) >= 11 is 0. The minimum atomic E-state index is 0.308. The second-order valence-electron chi connectivity index (χ2n) is 4.44. The number of anilines is 1. The molecular weight excluding hydrogens is 202 g/mol. The van der Waals surface area contributed by atoms with Gasteiger partial charge in [0, 0.05) is 25.5 Å². The van der Waals surface area contributed by atoms with E-state index in [1.165, 1.54) is 19.3 Å². The molecule has 1 aromatic heterocycles. The molecule has 0 bridgehead atoms. The summed E-state index contributed by atoms with van der Waals surface area (Å²) in [6, 6.07) is 1.81. The molecule has 1 saturated carbocycles. The molecule has 4 nitrogen and oxygen atoms in total. The summed E-state index contributed by atoms with van der Waals surface area (Å²) in [5, 5.41) is 12.5. The van der Waals surface area contributed by atoms with E-state index in [9.17, 15) is 5.11 Å². The van der Waals surface area contributed by atoms with Crippen LogP contribution in [0.1, 0.15) is 25.7 Å². The maximum atomic E-state index is 9.30. The van der Waals surface area contributed by atoms with Crippen molar-refractivity contribution < 1.29 is 5.11 Å². The summed E-state index contributed by atoms with van der Waals surface area (Å²) in [7, 11) is 0. The van der Waals surface area contributed by atoms with Crippen molar-refractivity contribution in [2.24, 2.45) is 11.8 Å². The Labute approximate surface area is 96.1 Å². The van der Waals surface area contributed by atoms with Gasteiger partial charge < -0.3 is 10.4 Å². The smallest absolute Gasteiger partial charge is 0.222 e. The molecule has 88 valence electrons. The number of aromatic nitrogens is 2. The van der Waals surface area contributed by atoms with Gasteiger partial charge in [0.05, 0.1) is 0 Å². The molecule has 0 spiro atoms. The largest absolute Gasteiger partial charge is 0.396 e. The van der Waals surface area contributed by atoms with Crippen LogP contribution in [0.25, 0.3) is 0 Å². The number of hydrogen-bond donors (Lipinski definition) is 2. The summed E-state index contributed by atoms with van der Waals surface area (Å²) in [5.74, 6) is 1.69. The Hall–Kier alpha value is -1.16. The van der Waals surface area contributed by atoms with Gasteiger partial charge in [0.25, 0.3) is 0 Å². The molecule has 1 heterocycles. The third-order valence-electron chi connectivity index (χ3n) is 3.39. The molecule has 0 radical (unpaired) electrons. The summed E-state index contributed by atoms with van der Waals surface area (Å²) in [5.41, 5.74) is 0. The normalized spacial score (nSPS) is 25.3. The Balaban J connectivity index is 1.84. The summed E-state index contributed by atoms with van der Waals surface area (Å²) in [6.07, 6.45) is 8.35. The molecule has 2 atom stereocenters. The van der Waals surface area contributed by atoms with E-state index >= 15 is 0 Å². The van der Waals surface area contributed by atoms with Crippen LogP contribution >= 0.6 is 0 Å². The van der Waals surface area contributed by atoms with Gasteiger partial charge in [0.15, 0.2) is 0 Å². The average molecular weight is 221 g/mol. The highest BCUT2D eigenvalue weighted by Crippen LogP contribution is 2.29. The van der Waals surface area contributed by atoms with Gasteiger partial charge in [-0.15, -0.1) is 0 Å². The van der Waals surface area contributed by atoms with Crippen LogP contribution in [0.4, 0.5) is 5.95 Å². The Morgan fingerprint density at radius 2 is 1.88 bits per heavy atom. The lowest BCUT2D eigenvalue weighted by molar-refractivity contribution is 0.141. The molecule has 0 amide bonds. The predicted octanol–water partition coefficient (Wildman–Crippen LogP) is 1.69. The highest BCUT2D eigenvalue weighted by atomic mass is 16.3. The molecule has 1 fully saturated rings. The highest BCUT2D eigenvalue weighted by Gasteiger charge is 2.24. The fourth-order valence-electron chi connectivity index (χ4n) is 2.41. The number of nitrogens with one attached hydrogen (secondary N) is 1. The molecule has 0 aliphatic heterocycles. The van der Waals surface area contributed by atoms with E-state index in [4.69, 9.17) is 0 Å². The molecule has 0 aromatic carbocycles. The van der Waals surface area contributed by atoms with Gasteiger partial charge in [0.1, 0.15) is 0 Å². The number of aliphatic hydroxyl groups excluding tert-OH is 1. The summed E-state index contributed by atoms with van der Waals surface area (Å²) in [6.45, 7) is 1.18. The van der Waals surface area contributed by atoms with Crippen LogP contribution in [-0.2, 0) is 0 Å². The summed E-state index contributed by atoms with van der Waals surface area (Å²) < 4.78 is 0. The van der Waals surface area contributed by atoms with Crippen LogP contribution in [-0.4, -0.2) is 28.2 Å². The van der Waals surface area contributed by atoms with Crippen molar-refractivity contribution in [3.8, 4) is 0 Å². The summed E-state index contributed by atoms with van der Waals surface area (Å²) in [4.78, 5) is 8.26. The number of aliphatic hydroxyl groups is 1. The number of rotatable bonds is 4. The molecule has 1 aliphatic rings. The first-order chi connectivity index (χ1) is 7.90. The van der Waals surface area contributed by atoms with E-state index in [0.29, 0.717) is 24.4 Å². The van der Waals surface area contributed by atoms with Crippen LogP contribution in [0.2, 0.25) is 0 Å². The highest BCUT2D eigenvalue weighted by molar-refractivity contribution is 5.22. The molecule has 1 aromatic rings. The fourth-order valence-corrected chi connectivity index (χ4v) is 2.41.